The van der Waals surface area contributed by atoms with Crippen LogP contribution in [0.4, 0.5) is 10.7 Å². The lowest BCUT2D eigenvalue weighted by atomic mass is 9.96. The quantitative estimate of drug-likeness (QED) is 0.0984. The van der Waals surface area contributed by atoms with Crippen LogP contribution in [0.2, 0.25) is 0 Å². The van der Waals surface area contributed by atoms with E-state index in [9.17, 15) is 29.2 Å². The van der Waals surface area contributed by atoms with Crippen molar-refractivity contribution in [3.63, 3.8) is 0 Å². The van der Waals surface area contributed by atoms with Gasteiger partial charge in [-0.05, 0) is 13.8 Å². The van der Waals surface area contributed by atoms with Crippen LogP contribution in [0.5, 0.6) is 5.88 Å². The Bertz CT molecular complexity index is 1360. The van der Waals surface area contributed by atoms with Crippen LogP contribution in [-0.2, 0) is 28.2 Å². The normalized spacial score (nSPS) is 28.6. The molecule has 4 rings (SSSR count). The van der Waals surface area contributed by atoms with E-state index in [2.05, 4.69) is 35.4 Å². The Hall–Kier alpha value is -3.06. The largest absolute Gasteiger partial charge is 0.479 e. The number of aliphatic hydroxyl groups excluding tert-OH is 1. The molecule has 2 aromatic rings. The van der Waals surface area contributed by atoms with E-state index >= 15 is 0 Å². The molecule has 40 heavy (non-hydrogen) atoms. The summed E-state index contributed by atoms with van der Waals surface area (Å²) in [6, 6.07) is -2.78. The summed E-state index contributed by atoms with van der Waals surface area (Å²) in [6.07, 6.45) is -2.71. The molecule has 2 unspecified atom stereocenters. The molecule has 7 N–H and O–H groups in total. The number of imidazole rings is 1. The van der Waals surface area contributed by atoms with Crippen molar-refractivity contribution in [2.75, 3.05) is 32.3 Å². The highest BCUT2D eigenvalue weighted by atomic mass is 32.7. The number of hydrogen-bond donors (Lipinski definition) is 6. The summed E-state index contributed by atoms with van der Waals surface area (Å²) in [4.78, 5) is 47.6. The maximum atomic E-state index is 13.7. The van der Waals surface area contributed by atoms with Crippen LogP contribution in [0.15, 0.2) is 6.33 Å². The number of rotatable bonds is 11. The predicted octanol–water partition coefficient (Wildman–Crippen LogP) is -1.36. The second-order valence-electron chi connectivity index (χ2n) is 9.09. The fourth-order valence-electron chi connectivity index (χ4n) is 4.10. The van der Waals surface area contributed by atoms with Gasteiger partial charge in [-0.15, -0.1) is 0 Å². The van der Waals surface area contributed by atoms with Crippen LogP contribution in [-0.4, -0.2) is 104 Å². The average Bonchev–Trinajstić information content (AvgIpc) is 3.53. The fourth-order valence-corrected chi connectivity index (χ4v) is 7.96. The SMILES string of the molecule is COC(=O)[C@@H](C)NP(=O)(OC[C@H]1O[C@@H](n2cnc3c(OC)nc(N)nc32)C(C)(O)[C@@H]1O)SC[C@@H]1NC(=O)NC1=O. The summed E-state index contributed by atoms with van der Waals surface area (Å²) in [6.45, 7) is -1.82. The molecule has 0 aliphatic carbocycles. The Balaban J connectivity index is 1.53. The number of urea groups is 1. The van der Waals surface area contributed by atoms with E-state index in [1.807, 2.05) is 0 Å². The molecule has 2 fully saturated rings. The molecule has 20 heteroatoms. The van der Waals surface area contributed by atoms with E-state index in [4.69, 9.17) is 19.7 Å². The van der Waals surface area contributed by atoms with Crippen molar-refractivity contribution < 1.29 is 47.9 Å². The van der Waals surface area contributed by atoms with Crippen molar-refractivity contribution in [1.29, 1.82) is 0 Å². The number of aliphatic hydroxyl groups is 2. The molecule has 0 spiro atoms. The van der Waals surface area contributed by atoms with Gasteiger partial charge in [-0.2, -0.15) is 9.97 Å². The number of carbonyl (C=O) groups excluding carboxylic acids is 3. The highest BCUT2D eigenvalue weighted by Crippen LogP contribution is 2.57. The lowest BCUT2D eigenvalue weighted by Gasteiger charge is -2.27. The molecule has 2 aliphatic heterocycles. The van der Waals surface area contributed by atoms with Crippen LogP contribution >= 0.6 is 18.1 Å². The van der Waals surface area contributed by atoms with E-state index in [0.717, 1.165) is 7.11 Å². The standard InChI is InChI=1S/C20H29N8O10PS/c1-8(16(31)36-4)27-39(34,40-6-9-14(30)25-19(32)23-9)37-5-10-12(29)20(2,33)17(38-10)28-7-22-11-13(28)24-18(21)26-15(11)35-3/h7-10,12,17,29,33H,5-6H2,1-4H3,(H,27,34)(H2,21,24,26)(H2,23,25,30,32)/t8-,9+,10-,12-,17-,20?,39?/m1/s1. The molecular formula is C20H29N8O10PS. The number of amides is 3. The molecule has 0 saturated carbocycles. The summed E-state index contributed by atoms with van der Waals surface area (Å²) >= 11 is 0.653. The van der Waals surface area contributed by atoms with Gasteiger partial charge in [0.05, 0.1) is 27.2 Å². The second kappa shape index (κ2) is 11.4. The van der Waals surface area contributed by atoms with Gasteiger partial charge in [0.25, 0.3) is 5.91 Å². The van der Waals surface area contributed by atoms with Crippen molar-refractivity contribution in [2.24, 2.45) is 0 Å². The molecule has 2 aromatic heterocycles. The first-order valence-corrected chi connectivity index (χ1v) is 15.0. The number of nitrogens with two attached hydrogens (primary N) is 1. The Morgan fingerprint density at radius 2 is 2.12 bits per heavy atom. The number of nitrogens with zero attached hydrogens (tertiary/aromatic N) is 4. The lowest BCUT2D eigenvalue weighted by Crippen LogP contribution is -2.44. The molecule has 0 bridgehead atoms. The molecular weight excluding hydrogens is 575 g/mol. The zero-order chi connectivity index (χ0) is 29.4. The minimum absolute atomic E-state index is 0.0928. The Morgan fingerprint density at radius 3 is 2.75 bits per heavy atom. The van der Waals surface area contributed by atoms with E-state index in [1.54, 1.807) is 0 Å². The van der Waals surface area contributed by atoms with Crippen LogP contribution in [0.25, 0.3) is 11.2 Å². The third-order valence-corrected chi connectivity index (χ3v) is 10.3. The van der Waals surface area contributed by atoms with Gasteiger partial charge in [0.1, 0.15) is 29.9 Å². The van der Waals surface area contributed by atoms with E-state index in [1.165, 1.54) is 31.9 Å². The number of methoxy groups -OCH3 is 2. The summed E-state index contributed by atoms with van der Waals surface area (Å²) in [7, 11) is 2.52. The van der Waals surface area contributed by atoms with Crippen molar-refractivity contribution in [1.82, 2.24) is 35.2 Å². The smallest absolute Gasteiger partial charge is 0.327 e. The Labute approximate surface area is 230 Å². The summed E-state index contributed by atoms with van der Waals surface area (Å²) < 4.78 is 36.5. The molecule has 18 nitrogen and oxygen atoms in total. The monoisotopic (exact) mass is 604 g/mol. The maximum Gasteiger partial charge on any atom is 0.327 e. The summed E-state index contributed by atoms with van der Waals surface area (Å²) in [5.74, 6) is -1.56. The third-order valence-electron chi connectivity index (χ3n) is 6.19. The van der Waals surface area contributed by atoms with Gasteiger partial charge in [0, 0.05) is 5.75 Å². The van der Waals surface area contributed by atoms with Crippen molar-refractivity contribution in [2.45, 2.75) is 50.0 Å². The van der Waals surface area contributed by atoms with E-state index < -0.39 is 67.4 Å². The summed E-state index contributed by atoms with van der Waals surface area (Å²) in [5.41, 5.74) is 4.25. The van der Waals surface area contributed by atoms with Crippen LogP contribution in [0.3, 0.4) is 0 Å². The topological polar surface area (TPSA) is 251 Å². The van der Waals surface area contributed by atoms with Gasteiger partial charge in [-0.3, -0.25) is 24.0 Å². The fraction of sp³-hybridized carbons (Fsp3) is 0.600. The first-order chi connectivity index (χ1) is 18.8. The lowest BCUT2D eigenvalue weighted by molar-refractivity contribution is -0.142. The number of imide groups is 1. The van der Waals surface area contributed by atoms with E-state index in [0.29, 0.717) is 11.4 Å². The number of nitrogens with one attached hydrogen (secondary N) is 3. The number of aromatic nitrogens is 4. The van der Waals surface area contributed by atoms with Crippen LogP contribution < -0.4 is 26.2 Å². The predicted molar refractivity (Wildman–Crippen MR) is 138 cm³/mol. The third kappa shape index (κ3) is 5.85. The number of nitrogen functional groups attached to an aromatic ring is 1. The molecule has 4 heterocycles. The number of hydrogen-bond acceptors (Lipinski definition) is 15. The number of anilines is 1. The first-order valence-electron chi connectivity index (χ1n) is 11.8. The number of ether oxygens (including phenoxy) is 3. The van der Waals surface area contributed by atoms with Gasteiger partial charge >= 0.3 is 18.7 Å². The van der Waals surface area contributed by atoms with Gasteiger partial charge in [0.2, 0.25) is 11.8 Å². The Morgan fingerprint density at radius 1 is 1.40 bits per heavy atom. The zero-order valence-corrected chi connectivity index (χ0v) is 23.5. The number of fused-ring (bicyclic) bond motifs is 1. The van der Waals surface area contributed by atoms with Gasteiger partial charge < -0.3 is 40.0 Å². The highest BCUT2D eigenvalue weighted by molar-refractivity contribution is 8.56. The highest BCUT2D eigenvalue weighted by Gasteiger charge is 2.54. The van der Waals surface area contributed by atoms with Gasteiger partial charge in [-0.1, -0.05) is 11.4 Å². The molecule has 220 valence electrons. The molecule has 0 radical (unpaired) electrons. The first kappa shape index (κ1) is 29.9. The number of esters is 1. The van der Waals surface area contributed by atoms with Crippen LogP contribution in [0, 0.1) is 0 Å². The average molecular weight is 605 g/mol. The molecule has 3 amide bonds. The molecule has 2 saturated heterocycles. The van der Waals surface area contributed by atoms with Crippen molar-refractivity contribution in [3.8, 4) is 5.88 Å². The van der Waals surface area contributed by atoms with E-state index in [-0.39, 0.29) is 28.7 Å². The summed E-state index contributed by atoms with van der Waals surface area (Å²) in [5, 5.41) is 29.1. The minimum Gasteiger partial charge on any atom is -0.479 e. The second-order valence-corrected chi connectivity index (χ2v) is 13.4. The maximum absolute atomic E-state index is 13.7. The minimum atomic E-state index is -4.01. The van der Waals surface area contributed by atoms with Crippen molar-refractivity contribution >= 4 is 53.1 Å². The molecule has 2 aliphatic rings. The zero-order valence-electron chi connectivity index (χ0n) is 21.8. The van der Waals surface area contributed by atoms with Crippen LogP contribution in [0.1, 0.15) is 20.1 Å². The Kier molecular flexibility index (Phi) is 8.55. The van der Waals surface area contributed by atoms with Gasteiger partial charge in [-0.25, -0.2) is 14.9 Å². The number of carbonyl (C=O) groups is 3. The molecule has 7 atom stereocenters. The molecule has 0 aromatic carbocycles. The van der Waals surface area contributed by atoms with Crippen molar-refractivity contribution in [3.05, 3.63) is 6.33 Å². The van der Waals surface area contributed by atoms with Gasteiger partial charge in [0.15, 0.2) is 17.4 Å².